The monoisotopic (exact) mass is 1110 g/mol. The molecule has 2 amide bonds. The van der Waals surface area contributed by atoms with E-state index in [9.17, 15) is 40.5 Å². The summed E-state index contributed by atoms with van der Waals surface area (Å²) in [6, 6.07) is 4.69. The highest BCUT2D eigenvalue weighted by Gasteiger charge is 2.43. The maximum absolute atomic E-state index is 15.9. The first-order chi connectivity index (χ1) is 36.4. The molecule has 16 bridgehead atoms. The number of carbonyl (C=O) groups is 2. The molecule has 4 aromatic heterocycles. The normalized spacial score (nSPS) is 24.1. The number of ether oxygens (including phenoxy) is 1. The van der Waals surface area contributed by atoms with E-state index in [1.165, 1.54) is 61.6 Å². The molecular weight excluding hydrogens is 1060 g/mol. The van der Waals surface area contributed by atoms with Gasteiger partial charge in [0.25, 0.3) is 11.8 Å². The Morgan fingerprint density at radius 3 is 1.92 bits per heavy atom. The molecule has 3 unspecified atom stereocenters. The molecule has 4 aliphatic heterocycles. The fourth-order valence-electron chi connectivity index (χ4n) is 11.6. The van der Waals surface area contributed by atoms with Crippen LogP contribution in [-0.2, 0) is 26.2 Å². The zero-order valence-electron chi connectivity index (χ0n) is 42.6. The largest absolute Gasteiger partial charge is 0.419 e. The Hall–Kier alpha value is -5.93. The number of aromatic nitrogens is 6. The average Bonchev–Trinajstić information content (AvgIpc) is 4.24. The lowest BCUT2D eigenvalue weighted by molar-refractivity contribution is -0.138. The number of H-pyrrole nitrogens is 2. The van der Waals surface area contributed by atoms with Crippen LogP contribution in [0.3, 0.4) is 0 Å². The number of fused-ring (bicyclic) bond motifs is 15. The molecule has 12 rings (SSSR count). The molecule has 2 aliphatic carbocycles. The maximum Gasteiger partial charge on any atom is 0.419 e. The average molecular weight is 1120 g/mol. The molecule has 6 aromatic rings. The minimum atomic E-state index is -4.90. The second-order valence-electron chi connectivity index (χ2n) is 21.1. The van der Waals surface area contributed by atoms with Gasteiger partial charge in [0.05, 0.1) is 46.8 Å². The van der Waals surface area contributed by atoms with Gasteiger partial charge in [-0.15, -0.1) is 0 Å². The molecule has 2 saturated carbocycles. The summed E-state index contributed by atoms with van der Waals surface area (Å²) in [6.07, 6.45) is -4.54. The summed E-state index contributed by atoms with van der Waals surface area (Å²) >= 11 is 0. The number of amides is 2. The third-order valence-corrected chi connectivity index (χ3v) is 19.3. The van der Waals surface area contributed by atoms with Crippen LogP contribution in [0.1, 0.15) is 70.4 Å². The van der Waals surface area contributed by atoms with Gasteiger partial charge in [0, 0.05) is 114 Å². The first-order valence-corrected chi connectivity index (χ1v) is 30.4. The van der Waals surface area contributed by atoms with Gasteiger partial charge in [0.2, 0.25) is 11.9 Å². The summed E-state index contributed by atoms with van der Waals surface area (Å²) in [5.41, 5.74) is -2.69. The minimum Gasteiger partial charge on any atom is -0.378 e. The van der Waals surface area contributed by atoms with E-state index in [1.54, 1.807) is 7.05 Å². The van der Waals surface area contributed by atoms with Gasteiger partial charge in [-0.05, 0) is 83.1 Å². The van der Waals surface area contributed by atoms with Crippen LogP contribution in [0, 0.1) is 5.92 Å². The summed E-state index contributed by atoms with van der Waals surface area (Å²) in [4.78, 5) is 52.7. The summed E-state index contributed by atoms with van der Waals surface area (Å²) in [5, 5.41) is 16.6. The van der Waals surface area contributed by atoms with Crippen molar-refractivity contribution in [2.24, 2.45) is 5.92 Å². The zero-order chi connectivity index (χ0) is 54.8. The Bertz CT molecular complexity index is 3350. The highest BCUT2D eigenvalue weighted by Crippen LogP contribution is 2.50. The molecule has 7 N–H and O–H groups in total. The number of nitrogens with zero attached hydrogens (tertiary/aromatic N) is 5. The van der Waals surface area contributed by atoms with Crippen LogP contribution in [0.2, 0.25) is 0 Å². The highest BCUT2D eigenvalue weighted by molar-refractivity contribution is 7.71. The van der Waals surface area contributed by atoms with Crippen molar-refractivity contribution in [2.45, 2.75) is 81.2 Å². The quantitative estimate of drug-likeness (QED) is 0.0509. The van der Waals surface area contributed by atoms with Crippen LogP contribution in [0.4, 0.5) is 42.6 Å². The summed E-state index contributed by atoms with van der Waals surface area (Å²) < 4.78 is 140. The Kier molecular flexibility index (Phi) is 14.9. The lowest BCUT2D eigenvalue weighted by Crippen LogP contribution is -2.38. The molecule has 2 aromatic carbocycles. The second kappa shape index (κ2) is 21.0. The fourth-order valence-corrected chi connectivity index (χ4v) is 15.9. The van der Waals surface area contributed by atoms with Crippen molar-refractivity contribution in [3.63, 3.8) is 0 Å². The smallest absolute Gasteiger partial charge is 0.378 e. The van der Waals surface area contributed by atoms with E-state index >= 15 is 8.96 Å². The number of anilines is 2. The van der Waals surface area contributed by atoms with E-state index in [1.807, 2.05) is 0 Å². The summed E-state index contributed by atoms with van der Waals surface area (Å²) in [5.74, 6) is -1.85. The molecule has 412 valence electrons. The van der Waals surface area contributed by atoms with Crippen molar-refractivity contribution >= 4 is 70.4 Å². The van der Waals surface area contributed by atoms with Crippen molar-refractivity contribution < 1.29 is 54.2 Å². The van der Waals surface area contributed by atoms with Gasteiger partial charge in [-0.3, -0.25) is 9.59 Å². The predicted molar refractivity (Wildman–Crippen MR) is 280 cm³/mol. The van der Waals surface area contributed by atoms with Crippen molar-refractivity contribution in [1.82, 2.24) is 50.8 Å². The molecule has 0 radical (unpaired) electrons. The van der Waals surface area contributed by atoms with E-state index in [4.69, 9.17) is 4.74 Å². The summed E-state index contributed by atoms with van der Waals surface area (Å²) in [7, 11) is -5.53. The van der Waals surface area contributed by atoms with Gasteiger partial charge < -0.3 is 55.3 Å². The lowest BCUT2D eigenvalue weighted by Gasteiger charge is -2.26. The van der Waals surface area contributed by atoms with Crippen molar-refractivity contribution in [1.29, 1.82) is 0 Å². The third kappa shape index (κ3) is 11.2. The first kappa shape index (κ1) is 54.4. The number of hydrogen-bond donors (Lipinski definition) is 7. The van der Waals surface area contributed by atoms with Crippen molar-refractivity contribution in [3.05, 3.63) is 71.3 Å². The Morgan fingerprint density at radius 2 is 1.30 bits per heavy atom. The van der Waals surface area contributed by atoms with Crippen LogP contribution in [0.25, 0.3) is 44.3 Å². The van der Waals surface area contributed by atoms with Gasteiger partial charge >= 0.3 is 12.4 Å². The molecule has 26 heteroatoms. The molecule has 6 aliphatic rings. The number of likely N-dealkylation sites (N-methyl/N-ethyl adjacent to an activating group) is 1. The first-order valence-electron chi connectivity index (χ1n) is 25.5. The van der Waals surface area contributed by atoms with Gasteiger partial charge in [-0.1, -0.05) is 12.1 Å². The number of alkyl halides is 7. The number of halogens is 7. The van der Waals surface area contributed by atoms with Gasteiger partial charge in [0.15, 0.2) is 0 Å². The molecule has 8 heterocycles. The predicted octanol–water partition coefficient (Wildman–Crippen LogP) is 7.81. The second-order valence-corrected chi connectivity index (χ2v) is 27.3. The van der Waals surface area contributed by atoms with Crippen LogP contribution < -0.4 is 37.2 Å². The Morgan fingerprint density at radius 1 is 0.701 bits per heavy atom. The molecule has 2 fully saturated rings. The topological polar surface area (TPSA) is 224 Å². The number of benzene rings is 2. The molecule has 0 spiro atoms. The van der Waals surface area contributed by atoms with Crippen LogP contribution in [-0.4, -0.2) is 150 Å². The Labute approximate surface area is 438 Å². The van der Waals surface area contributed by atoms with Crippen LogP contribution in [0.15, 0.2) is 49.1 Å². The molecule has 17 nitrogen and oxygen atoms in total. The summed E-state index contributed by atoms with van der Waals surface area (Å²) in [6.45, 7) is 5.08. The van der Waals surface area contributed by atoms with Gasteiger partial charge in [-0.25, -0.2) is 24.3 Å². The standard InChI is InChI=1S/C51H59F7N12O5P2/c1-70-14-16-75-15-13-60-39-19-30(67-49-65-24-38(51(56,57)58)40(69-49)35-21-61-42-31(35)8-10-34(47(70)72)44(42)76(2,3)73)17-26(39)25-77(4,74)45-33-9-7-32-36(22-62-43(32)45)41-37(50(53,54)55)23-64-48(68-41)66-29-6-5-28(18-29)59-12-11-27(52)20-63-46(33)71/h7-10,21-24,26-30,39,59-62H,5-6,11-20,25H2,1-4H3,(H,63,71)(H,64,66,68)(H,65,67,69)/t26?,27?,28-,29-,30-,39+,77?/m0/s1. The maximum atomic E-state index is 15.9. The van der Waals surface area contributed by atoms with E-state index in [0.717, 1.165) is 12.6 Å². The van der Waals surface area contributed by atoms with Gasteiger partial charge in [0.1, 0.15) is 31.6 Å². The molecule has 77 heavy (non-hydrogen) atoms. The van der Waals surface area contributed by atoms with Crippen molar-refractivity contribution in [2.75, 3.05) is 83.2 Å². The van der Waals surface area contributed by atoms with E-state index in [0.29, 0.717) is 32.0 Å². The van der Waals surface area contributed by atoms with Crippen LogP contribution >= 0.6 is 14.3 Å². The molecule has 7 atom stereocenters. The molecular formula is C51H59F7N12O5P2. The van der Waals surface area contributed by atoms with Crippen LogP contribution in [0.5, 0.6) is 0 Å². The number of nitrogens with one attached hydrogen (secondary N) is 7. The van der Waals surface area contributed by atoms with E-state index < -0.39 is 85.1 Å². The van der Waals surface area contributed by atoms with Crippen molar-refractivity contribution in [3.8, 4) is 22.5 Å². The zero-order valence-corrected chi connectivity index (χ0v) is 44.4. The lowest BCUT2D eigenvalue weighted by atomic mass is 10.0. The SMILES string of the molecule is CN1CCOCCN[C@@H]2C[C@H](CC2CP(C)(=O)c2c3ccc4c(c[nH]c24)-c2nc(ncc2C(F)(F)F)N[C@H]2CC[C@@H](C2)NCCC(F)CNC3=O)Nc2ncc(C(F)(F)F)c(n2)-c2c[nH]c3c(P(C)(C)=O)c(ccc23)C1=O. The van der Waals surface area contributed by atoms with E-state index in [2.05, 4.69) is 56.5 Å². The number of hydrogen-bond acceptors (Lipinski definition) is 13. The molecule has 0 saturated heterocycles. The number of carbonyl (C=O) groups excluding carboxylic acids is 2. The van der Waals surface area contributed by atoms with E-state index in [-0.39, 0.29) is 131 Å². The van der Waals surface area contributed by atoms with Gasteiger partial charge in [-0.2, -0.15) is 26.3 Å². The number of rotatable bonds is 4. The fraction of sp³-hybridized carbons (Fsp3) is 0.490. The third-order valence-electron chi connectivity index (χ3n) is 15.2. The minimum absolute atomic E-state index is 0.0136. The highest BCUT2D eigenvalue weighted by atomic mass is 31.2. The Balaban J connectivity index is 1.03. The number of aromatic amines is 2.